The highest BCUT2D eigenvalue weighted by Gasteiger charge is 2.17. The van der Waals surface area contributed by atoms with Crippen molar-refractivity contribution in [2.24, 2.45) is 5.73 Å². The highest BCUT2D eigenvalue weighted by molar-refractivity contribution is 6.42. The van der Waals surface area contributed by atoms with Crippen LogP contribution >= 0.6 is 23.2 Å². The van der Waals surface area contributed by atoms with Crippen molar-refractivity contribution in [2.45, 2.75) is 45.7 Å². The summed E-state index contributed by atoms with van der Waals surface area (Å²) in [6.07, 6.45) is 2.25. The molecule has 3 nitrogen and oxygen atoms in total. The molecule has 0 aromatic heterocycles. The van der Waals surface area contributed by atoms with Crippen molar-refractivity contribution in [3.63, 3.8) is 0 Å². The molecule has 1 aromatic rings. The van der Waals surface area contributed by atoms with Crippen LogP contribution in [-0.4, -0.2) is 23.4 Å². The minimum atomic E-state index is 0.148. The van der Waals surface area contributed by atoms with Gasteiger partial charge in [0.05, 0.1) is 10.0 Å². The second-order valence-corrected chi connectivity index (χ2v) is 5.92. The zero-order valence-corrected chi connectivity index (χ0v) is 13.5. The number of halogens is 2. The van der Waals surface area contributed by atoms with Crippen molar-refractivity contribution in [1.82, 2.24) is 4.90 Å². The van der Waals surface area contributed by atoms with Gasteiger partial charge in [-0.25, -0.2) is 0 Å². The van der Waals surface area contributed by atoms with Crippen molar-refractivity contribution in [3.05, 3.63) is 33.8 Å². The van der Waals surface area contributed by atoms with Crippen molar-refractivity contribution in [1.29, 1.82) is 0 Å². The molecule has 2 N–H and O–H groups in total. The normalized spacial score (nSPS) is 10.9. The number of carbonyl (C=O) groups is 1. The van der Waals surface area contributed by atoms with Gasteiger partial charge in [0.1, 0.15) is 0 Å². The summed E-state index contributed by atoms with van der Waals surface area (Å²) in [5.74, 6) is 0.152. The molecule has 0 aliphatic rings. The van der Waals surface area contributed by atoms with Crippen molar-refractivity contribution >= 4 is 29.1 Å². The molecule has 0 fully saturated rings. The summed E-state index contributed by atoms with van der Waals surface area (Å²) >= 11 is 11.9. The van der Waals surface area contributed by atoms with E-state index in [2.05, 4.69) is 0 Å². The van der Waals surface area contributed by atoms with E-state index in [4.69, 9.17) is 28.9 Å². The first-order valence-electron chi connectivity index (χ1n) is 6.89. The fourth-order valence-electron chi connectivity index (χ4n) is 1.96. The van der Waals surface area contributed by atoms with Gasteiger partial charge in [-0.15, -0.1) is 0 Å². The molecular weight excluding hydrogens is 295 g/mol. The number of nitrogens with two attached hydrogens (primary N) is 1. The number of hydrogen-bond donors (Lipinski definition) is 1. The predicted molar refractivity (Wildman–Crippen MR) is 85.1 cm³/mol. The molecule has 0 unspecified atom stereocenters. The third-order valence-corrected chi connectivity index (χ3v) is 3.86. The Hall–Kier alpha value is -0.770. The first kappa shape index (κ1) is 17.3. The van der Waals surface area contributed by atoms with Gasteiger partial charge in [0.15, 0.2) is 0 Å². The van der Waals surface area contributed by atoms with E-state index in [9.17, 15) is 4.79 Å². The lowest BCUT2D eigenvalue weighted by Crippen LogP contribution is -2.36. The maximum absolute atomic E-state index is 12.2. The third kappa shape index (κ3) is 5.31. The van der Waals surface area contributed by atoms with E-state index in [1.165, 1.54) is 0 Å². The molecule has 1 aromatic carbocycles. The van der Waals surface area contributed by atoms with Gasteiger partial charge in [-0.1, -0.05) is 29.3 Å². The summed E-state index contributed by atoms with van der Waals surface area (Å²) in [5.41, 5.74) is 6.44. The number of unbranched alkanes of at least 4 members (excludes halogenated alkanes) is 1. The number of amides is 1. The summed E-state index contributed by atoms with van der Waals surface area (Å²) in [6, 6.07) is 5.62. The minimum Gasteiger partial charge on any atom is -0.336 e. The molecule has 0 aliphatic heterocycles. The van der Waals surface area contributed by atoms with Crippen LogP contribution in [0.2, 0.25) is 10.0 Å². The third-order valence-electron chi connectivity index (χ3n) is 3.13. The standard InChI is InChI=1S/C15H22Cl2N2O/c1-11(2)19(15(20)5-3-4-8-18)10-12-6-7-13(16)14(17)9-12/h6-7,9,11H,3-5,8,10,18H2,1-2H3. The summed E-state index contributed by atoms with van der Waals surface area (Å²) in [4.78, 5) is 14.1. The summed E-state index contributed by atoms with van der Waals surface area (Å²) in [7, 11) is 0. The van der Waals surface area contributed by atoms with Crippen LogP contribution in [0.5, 0.6) is 0 Å². The maximum atomic E-state index is 12.2. The molecule has 0 heterocycles. The summed E-state index contributed by atoms with van der Waals surface area (Å²) < 4.78 is 0. The lowest BCUT2D eigenvalue weighted by Gasteiger charge is -2.27. The van der Waals surface area contributed by atoms with Crippen LogP contribution < -0.4 is 5.73 Å². The van der Waals surface area contributed by atoms with E-state index in [1.54, 1.807) is 6.07 Å². The van der Waals surface area contributed by atoms with Crippen LogP contribution in [0.15, 0.2) is 18.2 Å². The van der Waals surface area contributed by atoms with Crippen LogP contribution in [0.4, 0.5) is 0 Å². The fraction of sp³-hybridized carbons (Fsp3) is 0.533. The quantitative estimate of drug-likeness (QED) is 0.776. The van der Waals surface area contributed by atoms with Crippen molar-refractivity contribution in [2.75, 3.05) is 6.54 Å². The molecule has 5 heteroatoms. The Morgan fingerprint density at radius 2 is 1.95 bits per heavy atom. The molecule has 20 heavy (non-hydrogen) atoms. The Balaban J connectivity index is 2.71. The van der Waals surface area contributed by atoms with Gasteiger partial charge in [-0.05, 0) is 50.9 Å². The average molecular weight is 317 g/mol. The molecular formula is C15H22Cl2N2O. The Bertz CT molecular complexity index is 449. The van der Waals surface area contributed by atoms with Gasteiger partial charge in [0, 0.05) is 19.0 Å². The van der Waals surface area contributed by atoms with Gasteiger partial charge in [0.25, 0.3) is 0 Å². The summed E-state index contributed by atoms with van der Waals surface area (Å²) in [5, 5.41) is 1.05. The predicted octanol–water partition coefficient (Wildman–Crippen LogP) is 3.86. The zero-order valence-electron chi connectivity index (χ0n) is 12.0. The van der Waals surface area contributed by atoms with Crippen LogP contribution in [0.25, 0.3) is 0 Å². The molecule has 0 spiro atoms. The molecule has 0 saturated heterocycles. The Kier molecular flexibility index (Phi) is 7.35. The topological polar surface area (TPSA) is 46.3 Å². The van der Waals surface area contributed by atoms with Crippen molar-refractivity contribution < 1.29 is 4.79 Å². The van der Waals surface area contributed by atoms with Crippen LogP contribution in [0, 0.1) is 0 Å². The Morgan fingerprint density at radius 1 is 1.25 bits per heavy atom. The van der Waals surface area contributed by atoms with Crippen LogP contribution in [0.1, 0.15) is 38.7 Å². The van der Waals surface area contributed by atoms with Crippen LogP contribution in [0.3, 0.4) is 0 Å². The SMILES string of the molecule is CC(C)N(Cc1ccc(Cl)c(Cl)c1)C(=O)CCCCN. The van der Waals surface area contributed by atoms with E-state index >= 15 is 0 Å². The minimum absolute atomic E-state index is 0.148. The molecule has 1 amide bonds. The average Bonchev–Trinajstić information content (AvgIpc) is 2.39. The van der Waals surface area contributed by atoms with E-state index in [1.807, 2.05) is 30.9 Å². The van der Waals surface area contributed by atoms with E-state index in [0.717, 1.165) is 18.4 Å². The Morgan fingerprint density at radius 3 is 2.50 bits per heavy atom. The number of rotatable bonds is 7. The highest BCUT2D eigenvalue weighted by atomic mass is 35.5. The second kappa shape index (κ2) is 8.50. The molecule has 0 atom stereocenters. The van der Waals surface area contributed by atoms with Gasteiger partial charge < -0.3 is 10.6 Å². The fourth-order valence-corrected chi connectivity index (χ4v) is 2.28. The number of nitrogens with zero attached hydrogens (tertiary/aromatic N) is 1. The van der Waals surface area contributed by atoms with E-state index in [-0.39, 0.29) is 11.9 Å². The van der Waals surface area contributed by atoms with Crippen molar-refractivity contribution in [3.8, 4) is 0 Å². The smallest absolute Gasteiger partial charge is 0.223 e. The van der Waals surface area contributed by atoms with E-state index in [0.29, 0.717) is 29.6 Å². The number of hydrogen-bond acceptors (Lipinski definition) is 2. The highest BCUT2D eigenvalue weighted by Crippen LogP contribution is 2.23. The maximum Gasteiger partial charge on any atom is 0.223 e. The van der Waals surface area contributed by atoms with E-state index < -0.39 is 0 Å². The lowest BCUT2D eigenvalue weighted by molar-refractivity contribution is -0.133. The largest absolute Gasteiger partial charge is 0.336 e. The van der Waals surface area contributed by atoms with Gasteiger partial charge in [0.2, 0.25) is 5.91 Å². The number of benzene rings is 1. The molecule has 0 saturated carbocycles. The summed E-state index contributed by atoms with van der Waals surface area (Å²) in [6.45, 7) is 5.20. The van der Waals surface area contributed by atoms with Gasteiger partial charge in [-0.2, -0.15) is 0 Å². The molecule has 0 radical (unpaired) electrons. The number of carbonyl (C=O) groups excluding carboxylic acids is 1. The second-order valence-electron chi connectivity index (χ2n) is 5.11. The molecule has 0 aliphatic carbocycles. The Labute approximate surface area is 131 Å². The van der Waals surface area contributed by atoms with Crippen LogP contribution in [-0.2, 0) is 11.3 Å². The monoisotopic (exact) mass is 316 g/mol. The van der Waals surface area contributed by atoms with Gasteiger partial charge >= 0.3 is 0 Å². The molecule has 0 bridgehead atoms. The molecule has 112 valence electrons. The van der Waals surface area contributed by atoms with Gasteiger partial charge in [-0.3, -0.25) is 4.79 Å². The first-order chi connectivity index (χ1) is 9.45. The lowest BCUT2D eigenvalue weighted by atomic mass is 10.1. The molecule has 1 rings (SSSR count). The zero-order chi connectivity index (χ0) is 15.1. The first-order valence-corrected chi connectivity index (χ1v) is 7.64.